The lowest BCUT2D eigenvalue weighted by Crippen LogP contribution is -2.62. The van der Waals surface area contributed by atoms with Crippen molar-refractivity contribution in [3.8, 4) is 0 Å². The van der Waals surface area contributed by atoms with E-state index in [4.69, 9.17) is 33.3 Å². The van der Waals surface area contributed by atoms with Gasteiger partial charge in [-0.15, -0.1) is 11.8 Å². The van der Waals surface area contributed by atoms with Gasteiger partial charge in [0.25, 0.3) is 0 Å². The number of β-lactam (4-membered cyclic amide) rings is 1. The summed E-state index contributed by atoms with van der Waals surface area (Å²) in [6, 6.07) is 8.18. The van der Waals surface area contributed by atoms with Crippen molar-refractivity contribution < 1.29 is 33.3 Å². The molecule has 1 fully saturated rings. The topological polar surface area (TPSA) is 194 Å². The maximum absolute atomic E-state index is 14.8. The number of carboxylic acid groups (broad SMARTS) is 1. The number of carbonyl (C=O) groups is 3. The average Bonchev–Trinajstić information content (AvgIpc) is 3.59. The number of nitrogens with one attached hydrogen (secondary N) is 1. The number of halogens is 2. The number of thiazole rings is 1. The van der Waals surface area contributed by atoms with Crippen LogP contribution in [0.5, 0.6) is 0 Å². The monoisotopic (exact) mass is 697 g/mol. The number of Topliss-reactive ketones (excluding diaryl/α,β-unsaturated/α-hetero) is 1. The molecule has 242 valence electrons. The fourth-order valence-electron chi connectivity index (χ4n) is 5.67. The third-order valence-corrected chi connectivity index (χ3v) is 10.4. The Morgan fingerprint density at radius 1 is 1.32 bits per heavy atom. The molecular weight excluding hydrogens is 671 g/mol. The smallest absolute Gasteiger partial charge is 0.352 e. The number of thioether (sulfide) groups is 1. The molecule has 5 heterocycles. The molecular formula is C30H27ClFN8O5S2+. The summed E-state index contributed by atoms with van der Waals surface area (Å²) in [5.74, 6) is -3.44. The van der Waals surface area contributed by atoms with Gasteiger partial charge in [0.1, 0.15) is 40.0 Å². The number of pyridine rings is 1. The predicted octanol–water partition coefficient (Wildman–Crippen LogP) is 2.97. The summed E-state index contributed by atoms with van der Waals surface area (Å²) in [4.78, 5) is 49.2. The van der Waals surface area contributed by atoms with Gasteiger partial charge < -0.3 is 26.0 Å². The number of carbonyl (C=O) groups excluding carboxylic acids is 2. The summed E-state index contributed by atoms with van der Waals surface area (Å²) in [5.41, 5.74) is 13.0. The fraction of sp³-hybridized carbons (Fsp3) is 0.233. The van der Waals surface area contributed by atoms with E-state index < -0.39 is 34.8 Å². The van der Waals surface area contributed by atoms with Crippen LogP contribution in [0.3, 0.4) is 0 Å². The van der Waals surface area contributed by atoms with Crippen molar-refractivity contribution >= 4 is 79.9 Å². The second kappa shape index (κ2) is 12.8. The number of nitrogen functional groups attached to an aromatic ring is 2. The molecule has 1 aromatic carbocycles. The van der Waals surface area contributed by atoms with Crippen molar-refractivity contribution in [2.75, 3.05) is 18.6 Å². The van der Waals surface area contributed by atoms with E-state index in [0.717, 1.165) is 22.2 Å². The van der Waals surface area contributed by atoms with Crippen LogP contribution >= 0.6 is 34.7 Å². The van der Waals surface area contributed by atoms with E-state index in [1.165, 1.54) is 29.8 Å². The minimum absolute atomic E-state index is 0.0607. The number of amidine groups is 1. The number of nitrogens with two attached hydrogens (primary N) is 2. The van der Waals surface area contributed by atoms with Crippen LogP contribution < -0.4 is 16.0 Å². The largest absolute Gasteiger partial charge is 0.477 e. The van der Waals surface area contributed by atoms with E-state index in [9.17, 15) is 23.9 Å². The highest BCUT2D eigenvalue weighted by Crippen LogP contribution is 2.45. The van der Waals surface area contributed by atoms with E-state index in [2.05, 4.69) is 10.1 Å². The number of anilines is 1. The van der Waals surface area contributed by atoms with Crippen LogP contribution in [-0.2, 0) is 32.3 Å². The van der Waals surface area contributed by atoms with Crippen LogP contribution in [-0.4, -0.2) is 67.0 Å². The number of aliphatic carboxylic acids is 1. The van der Waals surface area contributed by atoms with Crippen LogP contribution in [0.2, 0.25) is 4.34 Å². The number of carboxylic acids is 1. The number of benzene rings is 1. The Labute approximate surface area is 279 Å². The lowest BCUT2D eigenvalue weighted by atomic mass is 9.89. The van der Waals surface area contributed by atoms with Crippen molar-refractivity contribution in [1.29, 1.82) is 5.41 Å². The molecule has 0 spiro atoms. The summed E-state index contributed by atoms with van der Waals surface area (Å²) < 4.78 is 18.6. The molecule has 1 saturated heterocycles. The molecule has 2 aliphatic rings. The second-order valence-electron chi connectivity index (χ2n) is 10.8. The van der Waals surface area contributed by atoms with Crippen LogP contribution in [0, 0.1) is 17.1 Å². The van der Waals surface area contributed by atoms with Gasteiger partial charge in [-0.3, -0.25) is 19.9 Å². The van der Waals surface area contributed by atoms with Crippen LogP contribution in [0.15, 0.2) is 65.3 Å². The van der Waals surface area contributed by atoms with Crippen LogP contribution in [0.25, 0.3) is 10.9 Å². The fourth-order valence-corrected chi connectivity index (χ4v) is 8.00. The molecule has 47 heavy (non-hydrogen) atoms. The normalized spacial score (nSPS) is 17.9. The summed E-state index contributed by atoms with van der Waals surface area (Å²) in [7, 11) is 1.26. The molecule has 17 heteroatoms. The number of ketones is 1. The van der Waals surface area contributed by atoms with Gasteiger partial charge in [-0.2, -0.15) is 4.57 Å². The van der Waals surface area contributed by atoms with Gasteiger partial charge in [-0.1, -0.05) is 40.2 Å². The Kier molecular flexibility index (Phi) is 8.74. The molecule has 13 nitrogen and oxygen atoms in total. The second-order valence-corrected chi connectivity index (χ2v) is 13.6. The molecule has 0 bridgehead atoms. The van der Waals surface area contributed by atoms with Crippen molar-refractivity contribution in [3.63, 3.8) is 0 Å². The Bertz CT molecular complexity index is 2040. The van der Waals surface area contributed by atoms with Crippen molar-refractivity contribution in [2.24, 2.45) is 16.8 Å². The third-order valence-electron chi connectivity index (χ3n) is 7.89. The van der Waals surface area contributed by atoms with Crippen molar-refractivity contribution in [3.05, 3.63) is 87.2 Å². The molecule has 0 unspecified atom stereocenters. The maximum Gasteiger partial charge on any atom is 0.352 e. The molecule has 4 aromatic rings. The number of oxime groups is 1. The first-order valence-electron chi connectivity index (χ1n) is 14.0. The quantitative estimate of drug-likeness (QED) is 0.0599. The lowest BCUT2D eigenvalue weighted by Gasteiger charge is -2.49. The number of nitrogens with zero attached hydrogens (tertiary/aromatic N) is 5. The molecule has 6 rings (SSSR count). The van der Waals surface area contributed by atoms with Gasteiger partial charge in [-0.05, 0) is 12.1 Å². The van der Waals surface area contributed by atoms with E-state index >= 15 is 0 Å². The van der Waals surface area contributed by atoms with Crippen LogP contribution in [0.4, 0.5) is 9.52 Å². The van der Waals surface area contributed by atoms with Crippen molar-refractivity contribution in [1.82, 2.24) is 14.5 Å². The standard InChI is InChI=1S/C30H26ClFN8O5S2/c1-45-37-22(23-25(31)47-30(35)36-23)21(41)9-18-27(42)40-24(29(43)44)17(13-46-28(18)40)10-38-6-4-14-5-7-39(20(14)12-38)11-16-3-2-15(26(33)34)8-19(16)32/h2-8,12,18,28H,9-11,13H2,1H3,(H5-,33,34,35,36,43,44)/p+1/b37-22+/t18-,28-/m1/s1. The number of hydrogen-bond acceptors (Lipinski definition) is 10. The van der Waals surface area contributed by atoms with Gasteiger partial charge >= 0.3 is 5.97 Å². The zero-order valence-electron chi connectivity index (χ0n) is 24.6. The lowest BCUT2D eigenvalue weighted by molar-refractivity contribution is -0.687. The van der Waals surface area contributed by atoms with E-state index in [1.54, 1.807) is 12.1 Å². The number of fused-ring (bicyclic) bond motifs is 2. The van der Waals surface area contributed by atoms with Gasteiger partial charge in [-0.25, -0.2) is 14.2 Å². The highest BCUT2D eigenvalue weighted by atomic mass is 35.5. The van der Waals surface area contributed by atoms with E-state index in [1.807, 2.05) is 39.9 Å². The van der Waals surface area contributed by atoms with Crippen LogP contribution in [0.1, 0.15) is 23.2 Å². The molecule has 1 amide bonds. The first-order chi connectivity index (χ1) is 22.5. The van der Waals surface area contributed by atoms with Gasteiger partial charge in [0.2, 0.25) is 5.91 Å². The molecule has 0 aliphatic carbocycles. The number of aromatic nitrogens is 3. The highest BCUT2D eigenvalue weighted by Gasteiger charge is 2.54. The molecule has 2 atom stereocenters. The Hall–Kier alpha value is -4.80. The predicted molar refractivity (Wildman–Crippen MR) is 175 cm³/mol. The minimum atomic E-state index is -1.25. The highest BCUT2D eigenvalue weighted by molar-refractivity contribution is 8.00. The first kappa shape index (κ1) is 32.2. The number of hydrogen-bond donors (Lipinski definition) is 4. The summed E-state index contributed by atoms with van der Waals surface area (Å²) in [6.45, 7) is 0.408. The number of rotatable bonds is 11. The third kappa shape index (κ3) is 6.06. The van der Waals surface area contributed by atoms with E-state index in [0.29, 0.717) is 22.5 Å². The zero-order valence-corrected chi connectivity index (χ0v) is 27.0. The number of amides is 1. The molecule has 2 aliphatic heterocycles. The van der Waals surface area contributed by atoms with Gasteiger partial charge in [0.15, 0.2) is 35.6 Å². The summed E-state index contributed by atoms with van der Waals surface area (Å²) >= 11 is 8.53. The minimum Gasteiger partial charge on any atom is -0.477 e. The van der Waals surface area contributed by atoms with Gasteiger partial charge in [0.05, 0.1) is 17.8 Å². The molecule has 6 N–H and O–H groups in total. The molecule has 0 radical (unpaired) electrons. The zero-order chi connectivity index (χ0) is 33.6. The molecule has 0 saturated carbocycles. The Morgan fingerprint density at radius 3 is 2.77 bits per heavy atom. The average molecular weight is 698 g/mol. The Morgan fingerprint density at radius 2 is 2.11 bits per heavy atom. The van der Waals surface area contributed by atoms with E-state index in [-0.39, 0.29) is 51.9 Å². The van der Waals surface area contributed by atoms with Gasteiger partial charge in [0, 0.05) is 46.5 Å². The first-order valence-corrected chi connectivity index (χ1v) is 16.3. The SMILES string of the molecule is CO/N=C(\C(=O)C[C@@H]1C(=O)N2C(C(=O)O)=C(C[n+]3ccc4ccn(Cc5ccc(C(=N)N)cc5F)c4c3)CS[C@H]12)c1nc(N)sc1Cl. The Balaban J connectivity index is 1.21. The summed E-state index contributed by atoms with van der Waals surface area (Å²) in [6.07, 6.45) is 5.24. The summed E-state index contributed by atoms with van der Waals surface area (Å²) in [5, 5.41) is 22.0. The molecule has 3 aromatic heterocycles. The van der Waals surface area contributed by atoms with Crippen molar-refractivity contribution in [2.45, 2.75) is 24.9 Å². The maximum atomic E-state index is 14.8.